The maximum atomic E-state index is 12.5. The second-order valence-electron chi connectivity index (χ2n) is 9.94. The van der Waals surface area contributed by atoms with E-state index >= 15 is 0 Å². The molecule has 19 heteroatoms. The minimum atomic E-state index is -1.31. The first-order chi connectivity index (χ1) is 26.1. The Morgan fingerprint density at radius 1 is 0.855 bits per heavy atom. The van der Waals surface area contributed by atoms with Crippen molar-refractivity contribution in [1.82, 2.24) is 9.13 Å². The van der Waals surface area contributed by atoms with Gasteiger partial charge < -0.3 is 33.2 Å². The van der Waals surface area contributed by atoms with Crippen LogP contribution >= 0.6 is 82.2 Å². The van der Waals surface area contributed by atoms with Gasteiger partial charge in [-0.2, -0.15) is 0 Å². The van der Waals surface area contributed by atoms with E-state index in [4.69, 9.17) is 14.2 Å². The standard InChI is InChI=1S/C16H17NO4S.C14H17NO4.C2Cl2O2.2C2H6.BBr3/c1-4-17-9-6-5-7-11(20-2)12(9)13-14(17)10(18)8-22-15(13)16(19)21-3;1-4-15-8-9(13(16)14(17)19-3)12-10(15)6-5-7-11(12)18-2;3-1(5)2(4)6;2*1-2;2-1(3)4/h5-7,15H,4,8H2,1-3H3;5-8,13,16H,4H2,1-3H3;;2*1-2H3;. The fourth-order valence-corrected chi connectivity index (χ4v) is 6.37. The molecule has 4 aromatic rings. The van der Waals surface area contributed by atoms with Crippen LogP contribution in [-0.2, 0) is 41.7 Å². The Bertz CT molecular complexity index is 1880. The molecular weight excluding hydrogens is 974 g/mol. The number of aliphatic hydroxyl groups excluding tert-OH is 1. The molecule has 0 amide bonds. The van der Waals surface area contributed by atoms with E-state index in [0.717, 1.165) is 33.9 Å². The molecule has 1 aliphatic heterocycles. The number of hydrogen-bond donors (Lipinski definition) is 1. The average Bonchev–Trinajstić information content (AvgIpc) is 3.75. The van der Waals surface area contributed by atoms with Crippen LogP contribution in [0.4, 0.5) is 0 Å². The average molecular weight is 1020 g/mol. The van der Waals surface area contributed by atoms with Gasteiger partial charge in [0.15, 0.2) is 11.9 Å². The molecular formula is C36H46BBr3Cl2N2O10S. The summed E-state index contributed by atoms with van der Waals surface area (Å²) in [5.41, 5.74) is 3.66. The predicted octanol–water partition coefficient (Wildman–Crippen LogP) is 9.42. The molecule has 12 nitrogen and oxygen atoms in total. The Balaban J connectivity index is 0.000000800. The fraction of sp³-hybridized carbons (Fsp3) is 0.417. The number of carbonyl (C=O) groups is 5. The van der Waals surface area contributed by atoms with Crippen LogP contribution in [0.1, 0.15) is 74.5 Å². The van der Waals surface area contributed by atoms with Crippen molar-refractivity contribution in [2.45, 2.75) is 66.0 Å². The number of ketones is 1. The van der Waals surface area contributed by atoms with Crippen molar-refractivity contribution in [3.8, 4) is 11.5 Å². The number of aryl methyl sites for hydroxylation is 2. The topological polar surface area (TPSA) is 152 Å². The van der Waals surface area contributed by atoms with Crippen LogP contribution in [0.2, 0.25) is 0 Å². The summed E-state index contributed by atoms with van der Waals surface area (Å²) in [5, 5.41) is 8.86. The molecule has 0 saturated carbocycles. The number of esters is 2. The zero-order valence-corrected chi connectivity index (χ0v) is 39.3. The molecule has 3 heterocycles. The summed E-state index contributed by atoms with van der Waals surface area (Å²) in [7, 11) is 5.78. The molecule has 1 aliphatic rings. The van der Waals surface area contributed by atoms with E-state index in [1.807, 2.05) is 81.0 Å². The Labute approximate surface area is 361 Å². The molecule has 55 heavy (non-hydrogen) atoms. The van der Waals surface area contributed by atoms with Gasteiger partial charge in [-0.1, -0.05) is 39.8 Å². The highest BCUT2D eigenvalue weighted by atomic mass is 79.9. The van der Waals surface area contributed by atoms with Gasteiger partial charge in [0.25, 0.3) is 0 Å². The highest BCUT2D eigenvalue weighted by Gasteiger charge is 2.38. The lowest BCUT2D eigenvalue weighted by Crippen LogP contribution is -2.23. The van der Waals surface area contributed by atoms with Crippen LogP contribution in [0.3, 0.4) is 0 Å². The third-order valence-electron chi connectivity index (χ3n) is 7.28. The molecule has 0 radical (unpaired) electrons. The molecule has 0 aliphatic carbocycles. The Kier molecular flexibility index (Phi) is 25.9. The molecule has 0 bridgehead atoms. The molecule has 0 spiro atoms. The number of benzene rings is 2. The van der Waals surface area contributed by atoms with Gasteiger partial charge in [-0.05, 0) is 61.3 Å². The van der Waals surface area contributed by atoms with Gasteiger partial charge in [0.1, 0.15) is 16.7 Å². The van der Waals surface area contributed by atoms with Gasteiger partial charge >= 0.3 is 25.6 Å². The number of fused-ring (bicyclic) bond motifs is 4. The number of thioether (sulfide) groups is 1. The number of carbonyl (C=O) groups excluding carboxylic acids is 5. The van der Waals surface area contributed by atoms with Crippen LogP contribution in [-0.4, -0.2) is 79.8 Å². The summed E-state index contributed by atoms with van der Waals surface area (Å²) in [6, 6.07) is 11.3. The number of ether oxygens (including phenoxy) is 4. The SMILES string of the molecule is BrB(Br)Br.CC.CC.CCn1c2c(c3c(OC)cccc31)C(C(=O)OC)SCC2=O.CCn1cc(C(O)C(=O)OC)c2c(OC)cccc21.O=C(Cl)C(=O)Cl. The fourth-order valence-electron chi connectivity index (χ4n) is 5.29. The van der Waals surface area contributed by atoms with E-state index in [2.05, 4.69) is 75.2 Å². The van der Waals surface area contributed by atoms with Crippen molar-refractivity contribution in [3.63, 3.8) is 0 Å². The summed E-state index contributed by atoms with van der Waals surface area (Å²) in [5.74, 6) is 0.611. The van der Waals surface area contributed by atoms with Crippen molar-refractivity contribution in [2.24, 2.45) is 0 Å². The monoisotopic (exact) mass is 1020 g/mol. The van der Waals surface area contributed by atoms with Gasteiger partial charge in [-0.3, -0.25) is 19.2 Å². The van der Waals surface area contributed by atoms with Crippen molar-refractivity contribution in [1.29, 1.82) is 0 Å². The molecule has 0 fully saturated rings. The number of hydrogen-bond acceptors (Lipinski definition) is 11. The minimum absolute atomic E-state index is 0.0419. The Morgan fingerprint density at radius 2 is 1.35 bits per heavy atom. The lowest BCUT2D eigenvalue weighted by molar-refractivity contribution is -0.150. The number of halogens is 5. The summed E-state index contributed by atoms with van der Waals surface area (Å²) >= 11 is 19.6. The van der Waals surface area contributed by atoms with E-state index < -0.39 is 27.8 Å². The van der Waals surface area contributed by atoms with Crippen LogP contribution in [0, 0.1) is 0 Å². The Hall–Kier alpha value is -2.54. The van der Waals surface area contributed by atoms with E-state index in [9.17, 15) is 29.1 Å². The minimum Gasteiger partial charge on any atom is -0.496 e. The van der Waals surface area contributed by atoms with E-state index in [1.165, 1.54) is 26.0 Å². The molecule has 2 aromatic carbocycles. The van der Waals surface area contributed by atoms with Crippen molar-refractivity contribution in [2.75, 3.05) is 34.2 Å². The number of aromatic nitrogens is 2. The molecule has 0 saturated heterocycles. The van der Waals surface area contributed by atoms with Gasteiger partial charge in [0, 0.05) is 41.2 Å². The summed E-state index contributed by atoms with van der Waals surface area (Å²) in [4.78, 5) is 55.0. The van der Waals surface area contributed by atoms with Gasteiger partial charge in [0.05, 0.1) is 50.9 Å². The predicted molar refractivity (Wildman–Crippen MR) is 234 cm³/mol. The van der Waals surface area contributed by atoms with Crippen molar-refractivity contribution in [3.05, 3.63) is 59.4 Å². The first-order valence-corrected chi connectivity index (χ1v) is 21.3. The lowest BCUT2D eigenvalue weighted by Gasteiger charge is -2.21. The molecule has 1 N–H and O–H groups in total. The summed E-state index contributed by atoms with van der Waals surface area (Å²) < 4.78 is 24.5. The van der Waals surface area contributed by atoms with Crippen LogP contribution in [0.15, 0.2) is 42.6 Å². The van der Waals surface area contributed by atoms with Gasteiger partial charge in [0.2, 0.25) is 0 Å². The molecule has 5 rings (SSSR count). The second kappa shape index (κ2) is 27.2. The first-order valence-electron chi connectivity index (χ1n) is 16.8. The maximum Gasteiger partial charge on any atom is 0.369 e. The van der Waals surface area contributed by atoms with Crippen LogP contribution in [0.25, 0.3) is 21.8 Å². The van der Waals surface area contributed by atoms with Gasteiger partial charge in [-0.25, -0.2) is 4.79 Å². The number of aliphatic hydroxyl groups is 1. The lowest BCUT2D eigenvalue weighted by atomic mass is 10.0. The van der Waals surface area contributed by atoms with Crippen molar-refractivity contribution >= 4 is 135 Å². The number of methoxy groups -OCH3 is 4. The highest BCUT2D eigenvalue weighted by molar-refractivity contribution is 9.69. The normalized spacial score (nSPS) is 12.8. The molecule has 2 aromatic heterocycles. The van der Waals surface area contributed by atoms with E-state index in [0.29, 0.717) is 29.3 Å². The number of Topliss-reactive ketones (excluding diaryl/α,β-unsaturated/α-hetero) is 1. The first kappa shape index (κ1) is 52.5. The third-order valence-corrected chi connectivity index (χ3v) is 8.91. The Morgan fingerprint density at radius 3 is 1.76 bits per heavy atom. The summed E-state index contributed by atoms with van der Waals surface area (Å²) in [6.07, 6.45) is 0.450. The molecule has 304 valence electrons. The second-order valence-corrected chi connectivity index (χ2v) is 18.2. The van der Waals surface area contributed by atoms with Gasteiger partial charge in [-0.15, -0.1) is 59.0 Å². The van der Waals surface area contributed by atoms with Crippen LogP contribution < -0.4 is 9.47 Å². The third kappa shape index (κ3) is 14.1. The van der Waals surface area contributed by atoms with Crippen LogP contribution in [0.5, 0.6) is 11.5 Å². The molecule has 2 unspecified atom stereocenters. The number of nitrogens with zero attached hydrogens (tertiary/aromatic N) is 2. The molecule has 2 atom stereocenters. The smallest absolute Gasteiger partial charge is 0.369 e. The van der Waals surface area contributed by atoms with E-state index in [1.54, 1.807) is 26.5 Å². The van der Waals surface area contributed by atoms with E-state index in [-0.39, 0.29) is 20.7 Å². The van der Waals surface area contributed by atoms with Crippen molar-refractivity contribution < 1.29 is 48.0 Å². The number of rotatable bonds is 8. The largest absolute Gasteiger partial charge is 0.496 e. The quantitative estimate of drug-likeness (QED) is 0.0778. The maximum absolute atomic E-state index is 12.5. The zero-order chi connectivity index (χ0) is 42.6. The summed E-state index contributed by atoms with van der Waals surface area (Å²) in [6.45, 7) is 13.4. The highest BCUT2D eigenvalue weighted by Crippen LogP contribution is 2.46. The zero-order valence-electron chi connectivity index (χ0n) is 32.2.